The van der Waals surface area contributed by atoms with Crippen molar-refractivity contribution >= 4 is 27.6 Å². The number of pyridine rings is 2. The van der Waals surface area contributed by atoms with Gasteiger partial charge in [-0.2, -0.15) is 8.42 Å². The van der Waals surface area contributed by atoms with E-state index in [1.165, 1.54) is 6.07 Å². The van der Waals surface area contributed by atoms with Crippen LogP contribution >= 0.6 is 0 Å². The molecule has 1 unspecified atom stereocenters. The van der Waals surface area contributed by atoms with Crippen LogP contribution in [0.25, 0.3) is 0 Å². The Hall–Kier alpha value is -2.68. The molecule has 1 saturated heterocycles. The minimum Gasteiger partial charge on any atom is -0.367 e. The lowest BCUT2D eigenvalue weighted by atomic mass is 9.97. The van der Waals surface area contributed by atoms with Crippen LogP contribution in [0.2, 0.25) is 0 Å². The van der Waals surface area contributed by atoms with E-state index < -0.39 is 15.9 Å². The maximum absolute atomic E-state index is 13.1. The van der Waals surface area contributed by atoms with Gasteiger partial charge in [-0.1, -0.05) is 26.8 Å². The van der Waals surface area contributed by atoms with E-state index in [1.54, 1.807) is 30.5 Å². The van der Waals surface area contributed by atoms with Crippen LogP contribution < -0.4 is 14.9 Å². The van der Waals surface area contributed by atoms with Crippen molar-refractivity contribution in [3.05, 3.63) is 42.1 Å². The number of hydrogen-bond acceptors (Lipinski definition) is 7. The minimum absolute atomic E-state index is 0.110. The lowest BCUT2D eigenvalue weighted by molar-refractivity contribution is 0.0981. The predicted octanol–water partition coefficient (Wildman–Crippen LogP) is 3.68. The molecule has 2 N–H and O–H groups in total. The molecule has 32 heavy (non-hydrogen) atoms. The molecule has 0 aliphatic carbocycles. The van der Waals surface area contributed by atoms with Crippen molar-refractivity contribution in [1.82, 2.24) is 14.7 Å². The standard InChI is InChI=1S/C23H33N5O3S/c1-15(2)17(4)25-19-10-7-11-20(26-19)32(30,31)27-22(29)18-9-8-12-24-21(18)28-14-16(3)13-23(28,5)6/h7-12,15-17H,13-14H2,1-6H3,(H,25,26)(H,27,29)/t16?,17-/m1/s1. The van der Waals surface area contributed by atoms with Gasteiger partial charge >= 0.3 is 0 Å². The largest absolute Gasteiger partial charge is 0.367 e. The number of carbonyl (C=O) groups is 1. The van der Waals surface area contributed by atoms with Crippen molar-refractivity contribution < 1.29 is 13.2 Å². The van der Waals surface area contributed by atoms with Crippen molar-refractivity contribution in [2.45, 2.75) is 64.6 Å². The third-order valence-corrected chi connectivity index (χ3v) is 7.19. The van der Waals surface area contributed by atoms with Gasteiger partial charge in [0.2, 0.25) is 0 Å². The molecule has 9 heteroatoms. The summed E-state index contributed by atoms with van der Waals surface area (Å²) in [5.74, 6) is 0.997. The molecular formula is C23H33N5O3S. The van der Waals surface area contributed by atoms with Crippen LogP contribution in [0.1, 0.15) is 58.3 Å². The molecule has 1 aliphatic heterocycles. The monoisotopic (exact) mass is 459 g/mol. The fourth-order valence-corrected chi connectivity index (χ4v) is 4.96. The van der Waals surface area contributed by atoms with Crippen LogP contribution in [0.5, 0.6) is 0 Å². The van der Waals surface area contributed by atoms with Gasteiger partial charge in [0.15, 0.2) is 5.03 Å². The molecule has 3 rings (SSSR count). The van der Waals surface area contributed by atoms with Crippen LogP contribution in [-0.4, -0.2) is 42.4 Å². The maximum atomic E-state index is 13.1. The van der Waals surface area contributed by atoms with Gasteiger partial charge in [-0.15, -0.1) is 0 Å². The fraction of sp³-hybridized carbons (Fsp3) is 0.522. The second-order valence-corrected chi connectivity index (χ2v) is 11.2. The van der Waals surface area contributed by atoms with Crippen LogP contribution in [-0.2, 0) is 10.0 Å². The number of sulfonamides is 1. The molecule has 3 heterocycles. The highest BCUT2D eigenvalue weighted by atomic mass is 32.2. The first-order chi connectivity index (χ1) is 14.9. The van der Waals surface area contributed by atoms with Crippen LogP contribution in [0.3, 0.4) is 0 Å². The van der Waals surface area contributed by atoms with E-state index in [0.29, 0.717) is 23.5 Å². The number of rotatable bonds is 7. The van der Waals surface area contributed by atoms with Crippen molar-refractivity contribution in [2.75, 3.05) is 16.8 Å². The van der Waals surface area contributed by atoms with E-state index in [0.717, 1.165) is 13.0 Å². The van der Waals surface area contributed by atoms with E-state index in [4.69, 9.17) is 0 Å². The van der Waals surface area contributed by atoms with E-state index in [2.05, 4.69) is 59.5 Å². The number of anilines is 2. The molecule has 1 fully saturated rings. The SMILES string of the molecule is CC1CN(c2ncccc2C(=O)NS(=O)(=O)c2cccc(N[C@H](C)C(C)C)n2)C(C)(C)C1. The Morgan fingerprint density at radius 3 is 2.53 bits per heavy atom. The lowest BCUT2D eigenvalue weighted by Crippen LogP contribution is -2.41. The van der Waals surface area contributed by atoms with Gasteiger partial charge in [0.05, 0.1) is 5.56 Å². The Morgan fingerprint density at radius 2 is 1.91 bits per heavy atom. The first-order valence-corrected chi connectivity index (χ1v) is 12.4. The first-order valence-electron chi connectivity index (χ1n) is 10.9. The summed E-state index contributed by atoms with van der Waals surface area (Å²) in [6.45, 7) is 13.2. The van der Waals surface area contributed by atoms with Crippen LogP contribution in [0.15, 0.2) is 41.6 Å². The quantitative estimate of drug-likeness (QED) is 0.651. The Morgan fingerprint density at radius 1 is 1.19 bits per heavy atom. The maximum Gasteiger partial charge on any atom is 0.281 e. The Bertz CT molecular complexity index is 1080. The van der Waals surface area contributed by atoms with Gasteiger partial charge in [0.25, 0.3) is 15.9 Å². The normalized spacial score (nSPS) is 19.1. The minimum atomic E-state index is -4.16. The first kappa shape index (κ1) is 24.0. The van der Waals surface area contributed by atoms with E-state index >= 15 is 0 Å². The summed E-state index contributed by atoms with van der Waals surface area (Å²) in [5.41, 5.74) is 0.0389. The molecule has 8 nitrogen and oxygen atoms in total. The van der Waals surface area contributed by atoms with Gasteiger partial charge in [-0.25, -0.2) is 14.7 Å². The van der Waals surface area contributed by atoms with Crippen molar-refractivity contribution in [3.8, 4) is 0 Å². The van der Waals surface area contributed by atoms with Gasteiger partial charge < -0.3 is 10.2 Å². The zero-order valence-corrected chi connectivity index (χ0v) is 20.4. The molecule has 174 valence electrons. The topological polar surface area (TPSA) is 104 Å². The molecule has 0 saturated carbocycles. The van der Waals surface area contributed by atoms with E-state index in [9.17, 15) is 13.2 Å². The summed E-state index contributed by atoms with van der Waals surface area (Å²) in [5, 5.41) is 2.98. The summed E-state index contributed by atoms with van der Waals surface area (Å²) in [7, 11) is -4.16. The van der Waals surface area contributed by atoms with Gasteiger partial charge in [0.1, 0.15) is 11.6 Å². The fourth-order valence-electron chi connectivity index (χ4n) is 4.02. The smallest absolute Gasteiger partial charge is 0.281 e. The van der Waals surface area contributed by atoms with Gasteiger partial charge in [-0.05, 0) is 63.3 Å². The molecule has 2 aromatic rings. The van der Waals surface area contributed by atoms with E-state index in [-0.39, 0.29) is 22.2 Å². The van der Waals surface area contributed by atoms with Crippen molar-refractivity contribution in [1.29, 1.82) is 0 Å². The molecule has 0 spiro atoms. The molecule has 0 aromatic carbocycles. The zero-order chi connectivity index (χ0) is 23.7. The highest BCUT2D eigenvalue weighted by Crippen LogP contribution is 2.37. The molecular weight excluding hydrogens is 426 g/mol. The Kier molecular flexibility index (Phi) is 6.78. The number of carbonyl (C=O) groups excluding carboxylic acids is 1. The number of hydrogen-bond donors (Lipinski definition) is 2. The molecule has 1 amide bonds. The third-order valence-electron chi connectivity index (χ3n) is 5.96. The van der Waals surface area contributed by atoms with Gasteiger partial charge in [0, 0.05) is 24.3 Å². The average molecular weight is 460 g/mol. The Labute approximate surface area is 190 Å². The molecule has 1 aliphatic rings. The molecule has 2 aromatic heterocycles. The summed E-state index contributed by atoms with van der Waals surface area (Å²) >= 11 is 0. The zero-order valence-electron chi connectivity index (χ0n) is 19.6. The highest BCUT2D eigenvalue weighted by Gasteiger charge is 2.39. The van der Waals surface area contributed by atoms with Crippen LogP contribution in [0, 0.1) is 11.8 Å². The summed E-state index contributed by atoms with van der Waals surface area (Å²) < 4.78 is 28.1. The predicted molar refractivity (Wildman–Crippen MR) is 126 cm³/mol. The lowest BCUT2D eigenvalue weighted by Gasteiger charge is -2.33. The van der Waals surface area contributed by atoms with Gasteiger partial charge in [-0.3, -0.25) is 4.79 Å². The summed E-state index contributed by atoms with van der Waals surface area (Å²) in [4.78, 5) is 23.8. The van der Waals surface area contributed by atoms with Crippen molar-refractivity contribution in [2.24, 2.45) is 11.8 Å². The van der Waals surface area contributed by atoms with Crippen LogP contribution in [0.4, 0.5) is 11.6 Å². The summed E-state index contributed by atoms with van der Waals surface area (Å²) in [6, 6.07) is 8.02. The molecule has 0 bridgehead atoms. The molecule has 0 radical (unpaired) electrons. The number of nitrogens with zero attached hydrogens (tertiary/aromatic N) is 3. The Balaban J connectivity index is 1.85. The molecule has 2 atom stereocenters. The van der Waals surface area contributed by atoms with Crippen molar-refractivity contribution in [3.63, 3.8) is 0 Å². The third kappa shape index (κ3) is 5.20. The average Bonchev–Trinajstić information content (AvgIpc) is 2.99. The number of amides is 1. The summed E-state index contributed by atoms with van der Waals surface area (Å²) in [6.07, 6.45) is 2.58. The second-order valence-electron chi connectivity index (χ2n) is 9.58. The van der Waals surface area contributed by atoms with E-state index in [1.807, 2.05) is 6.92 Å². The number of aromatic nitrogens is 2. The highest BCUT2D eigenvalue weighted by molar-refractivity contribution is 7.90. The number of nitrogens with one attached hydrogen (secondary N) is 2. The second kappa shape index (κ2) is 9.05.